The van der Waals surface area contributed by atoms with Crippen molar-refractivity contribution in [1.29, 1.82) is 0 Å². The highest BCUT2D eigenvalue weighted by atomic mass is 32.2. The van der Waals surface area contributed by atoms with E-state index in [-0.39, 0.29) is 23.6 Å². The maximum atomic E-state index is 13.5. The van der Waals surface area contributed by atoms with Crippen LogP contribution >= 0.6 is 0 Å². The maximum Gasteiger partial charge on any atom is 0.324 e. The summed E-state index contributed by atoms with van der Waals surface area (Å²) < 4.78 is 55.0. The second kappa shape index (κ2) is 6.81. The predicted molar refractivity (Wildman–Crippen MR) is 78.1 cm³/mol. The molecule has 1 heterocycles. The number of methoxy groups -OCH3 is 3. The summed E-state index contributed by atoms with van der Waals surface area (Å²) in [6.07, 6.45) is -0.284. The second-order valence-corrected chi connectivity index (χ2v) is 6.86. The van der Waals surface area contributed by atoms with E-state index in [1.807, 2.05) is 0 Å². The number of carbonyl (C=O) groups excluding carboxylic acids is 1. The fourth-order valence-corrected chi connectivity index (χ4v) is 4.32. The number of hydrogen-bond donors (Lipinski definition) is 0. The molecule has 0 aromatic heterocycles. The highest BCUT2D eigenvalue weighted by molar-refractivity contribution is 7.89. The summed E-state index contributed by atoms with van der Waals surface area (Å²) >= 11 is 0. The topological polar surface area (TPSA) is 82.1 Å². The van der Waals surface area contributed by atoms with Crippen molar-refractivity contribution in [2.24, 2.45) is 0 Å². The van der Waals surface area contributed by atoms with Crippen molar-refractivity contribution < 1.29 is 31.8 Å². The summed E-state index contributed by atoms with van der Waals surface area (Å²) in [5, 5.41) is 0. The smallest absolute Gasteiger partial charge is 0.324 e. The molecule has 0 saturated carbocycles. The van der Waals surface area contributed by atoms with Crippen LogP contribution in [0, 0.1) is 5.82 Å². The van der Waals surface area contributed by atoms with Gasteiger partial charge in [-0.1, -0.05) is 0 Å². The number of nitrogens with zero attached hydrogens (tertiary/aromatic N) is 1. The predicted octanol–water partition coefficient (Wildman–Crippen LogP) is 0.785. The summed E-state index contributed by atoms with van der Waals surface area (Å²) in [7, 11) is -0.275. The third kappa shape index (κ3) is 3.31. The van der Waals surface area contributed by atoms with Gasteiger partial charge in [0.15, 0.2) is 0 Å². The van der Waals surface area contributed by atoms with Crippen molar-refractivity contribution in [1.82, 2.24) is 4.31 Å². The molecular weight excluding hydrogens is 329 g/mol. The van der Waals surface area contributed by atoms with Gasteiger partial charge in [-0.15, -0.1) is 0 Å². The van der Waals surface area contributed by atoms with Crippen LogP contribution in [0.5, 0.6) is 5.75 Å². The van der Waals surface area contributed by atoms with Crippen LogP contribution in [-0.4, -0.2) is 58.7 Å². The van der Waals surface area contributed by atoms with E-state index in [2.05, 4.69) is 4.74 Å². The summed E-state index contributed by atoms with van der Waals surface area (Å²) in [4.78, 5) is 11.6. The molecule has 1 fully saturated rings. The Hall–Kier alpha value is -1.71. The number of esters is 1. The van der Waals surface area contributed by atoms with E-state index >= 15 is 0 Å². The minimum Gasteiger partial charge on any atom is -0.495 e. The third-order valence-electron chi connectivity index (χ3n) is 3.74. The molecular formula is C14H18FNO6S. The summed E-state index contributed by atoms with van der Waals surface area (Å²) in [6, 6.07) is 2.15. The fourth-order valence-electron chi connectivity index (χ4n) is 2.53. The van der Waals surface area contributed by atoms with Gasteiger partial charge >= 0.3 is 5.97 Å². The number of benzene rings is 1. The van der Waals surface area contributed by atoms with Crippen LogP contribution in [0.25, 0.3) is 0 Å². The summed E-state index contributed by atoms with van der Waals surface area (Å²) in [5.74, 6) is -1.42. The van der Waals surface area contributed by atoms with E-state index in [0.29, 0.717) is 0 Å². The van der Waals surface area contributed by atoms with Gasteiger partial charge in [-0.2, -0.15) is 4.31 Å². The van der Waals surface area contributed by atoms with Gasteiger partial charge < -0.3 is 14.2 Å². The summed E-state index contributed by atoms with van der Waals surface area (Å²) in [6.45, 7) is -0.0295. The first-order valence-electron chi connectivity index (χ1n) is 6.81. The quantitative estimate of drug-likeness (QED) is 0.733. The van der Waals surface area contributed by atoms with Gasteiger partial charge in [-0.3, -0.25) is 4.79 Å². The Bertz CT molecular complexity index is 693. The van der Waals surface area contributed by atoms with Gasteiger partial charge in [0.05, 0.1) is 20.3 Å². The average Bonchev–Trinajstić information content (AvgIpc) is 2.99. The second-order valence-electron chi connectivity index (χ2n) is 5.00. The minimum absolute atomic E-state index is 0.00381. The molecule has 1 saturated heterocycles. The van der Waals surface area contributed by atoms with Gasteiger partial charge in [0.25, 0.3) is 0 Å². The molecule has 0 aliphatic carbocycles. The molecule has 0 radical (unpaired) electrons. The first kappa shape index (κ1) is 17.6. The molecule has 1 aromatic carbocycles. The molecule has 1 aromatic rings. The van der Waals surface area contributed by atoms with Gasteiger partial charge in [0.1, 0.15) is 22.5 Å². The lowest BCUT2D eigenvalue weighted by Crippen LogP contribution is -2.41. The zero-order chi connectivity index (χ0) is 17.2. The molecule has 2 atom stereocenters. The molecule has 9 heteroatoms. The lowest BCUT2D eigenvalue weighted by atomic mass is 10.2. The first-order valence-corrected chi connectivity index (χ1v) is 8.25. The van der Waals surface area contributed by atoms with Gasteiger partial charge in [-0.25, -0.2) is 12.8 Å². The number of hydrogen-bond acceptors (Lipinski definition) is 6. The average molecular weight is 347 g/mol. The van der Waals surface area contributed by atoms with Crippen LogP contribution in [0.4, 0.5) is 4.39 Å². The van der Waals surface area contributed by atoms with Crippen LogP contribution < -0.4 is 4.74 Å². The van der Waals surface area contributed by atoms with Crippen LogP contribution in [0.2, 0.25) is 0 Å². The normalized spacial score (nSPS) is 22.1. The van der Waals surface area contributed by atoms with Crippen LogP contribution in [0.15, 0.2) is 23.1 Å². The fraction of sp³-hybridized carbons (Fsp3) is 0.500. The molecule has 0 amide bonds. The molecule has 128 valence electrons. The molecule has 1 aliphatic rings. The van der Waals surface area contributed by atoms with Crippen molar-refractivity contribution >= 4 is 16.0 Å². The van der Waals surface area contributed by atoms with Crippen molar-refractivity contribution in [3.63, 3.8) is 0 Å². The van der Waals surface area contributed by atoms with E-state index < -0.39 is 34.0 Å². The molecule has 1 aliphatic heterocycles. The van der Waals surface area contributed by atoms with E-state index in [9.17, 15) is 17.6 Å². The molecule has 0 N–H and O–H groups in total. The Kier molecular flexibility index (Phi) is 5.23. The van der Waals surface area contributed by atoms with Crippen molar-refractivity contribution in [3.05, 3.63) is 24.0 Å². The Morgan fingerprint density at radius 2 is 2.00 bits per heavy atom. The molecule has 0 spiro atoms. The Balaban J connectivity index is 2.49. The van der Waals surface area contributed by atoms with Crippen LogP contribution in [0.1, 0.15) is 6.42 Å². The standard InChI is InChI=1S/C14H18FNO6S/c1-20-10-7-11(14(17)22-3)16(8-10)23(18,19)13-6-9(15)4-5-12(13)21-2/h4-6,10-11H,7-8H2,1-3H3. The molecule has 23 heavy (non-hydrogen) atoms. The van der Waals surface area contributed by atoms with E-state index in [4.69, 9.17) is 9.47 Å². The third-order valence-corrected chi connectivity index (χ3v) is 5.63. The Labute approximate surface area is 134 Å². The van der Waals surface area contributed by atoms with Gasteiger partial charge in [0.2, 0.25) is 10.0 Å². The van der Waals surface area contributed by atoms with E-state index in [1.54, 1.807) is 0 Å². The Morgan fingerprint density at radius 1 is 1.30 bits per heavy atom. The van der Waals surface area contributed by atoms with Gasteiger partial charge in [-0.05, 0) is 18.2 Å². The maximum absolute atomic E-state index is 13.5. The number of ether oxygens (including phenoxy) is 3. The number of halogens is 1. The molecule has 0 bridgehead atoms. The molecule has 7 nitrogen and oxygen atoms in total. The Morgan fingerprint density at radius 3 is 2.57 bits per heavy atom. The highest BCUT2D eigenvalue weighted by Crippen LogP contribution is 2.33. The van der Waals surface area contributed by atoms with Crippen LogP contribution in [0.3, 0.4) is 0 Å². The zero-order valence-electron chi connectivity index (χ0n) is 13.0. The lowest BCUT2D eigenvalue weighted by molar-refractivity contribution is -0.144. The van der Waals surface area contributed by atoms with Crippen molar-refractivity contribution in [2.75, 3.05) is 27.9 Å². The highest BCUT2D eigenvalue weighted by Gasteiger charge is 2.45. The number of sulfonamides is 1. The largest absolute Gasteiger partial charge is 0.495 e. The molecule has 2 unspecified atom stereocenters. The van der Waals surface area contributed by atoms with Crippen LogP contribution in [-0.2, 0) is 24.3 Å². The van der Waals surface area contributed by atoms with Crippen molar-refractivity contribution in [3.8, 4) is 5.75 Å². The minimum atomic E-state index is -4.16. The summed E-state index contributed by atoms with van der Waals surface area (Å²) in [5.41, 5.74) is 0. The number of rotatable bonds is 5. The zero-order valence-corrected chi connectivity index (χ0v) is 13.8. The van der Waals surface area contributed by atoms with E-state index in [1.165, 1.54) is 27.4 Å². The van der Waals surface area contributed by atoms with Gasteiger partial charge in [0, 0.05) is 20.1 Å². The van der Waals surface area contributed by atoms with E-state index in [0.717, 1.165) is 16.4 Å². The van der Waals surface area contributed by atoms with Crippen molar-refractivity contribution in [2.45, 2.75) is 23.5 Å². The molecule has 2 rings (SSSR count). The SMILES string of the molecule is COC(=O)C1CC(OC)CN1S(=O)(=O)c1cc(F)ccc1OC. The lowest BCUT2D eigenvalue weighted by Gasteiger charge is -2.22. The first-order chi connectivity index (χ1) is 10.8. The monoisotopic (exact) mass is 347 g/mol. The number of carbonyl (C=O) groups is 1.